The monoisotopic (exact) mass is 239 g/mol. The van der Waals surface area contributed by atoms with Gasteiger partial charge in [0.2, 0.25) is 0 Å². The van der Waals surface area contributed by atoms with Gasteiger partial charge in [-0.05, 0) is 12.1 Å². The van der Waals surface area contributed by atoms with Crippen molar-refractivity contribution < 1.29 is 13.5 Å². The lowest BCUT2D eigenvalue weighted by molar-refractivity contribution is 0.0495. The summed E-state index contributed by atoms with van der Waals surface area (Å²) in [6.07, 6.45) is 0. The van der Waals surface area contributed by atoms with Crippen molar-refractivity contribution in [2.24, 2.45) is 0 Å². The summed E-state index contributed by atoms with van der Waals surface area (Å²) in [5, 5.41) is 10.3. The van der Waals surface area contributed by atoms with Crippen LogP contribution in [0.4, 0.5) is 14.5 Å². The van der Waals surface area contributed by atoms with Gasteiger partial charge >= 0.3 is 0 Å². The summed E-state index contributed by atoms with van der Waals surface area (Å²) in [6, 6.07) is 4.20. The number of hydrazine groups is 1. The lowest BCUT2D eigenvalue weighted by atomic mass is 10.2. The Kier molecular flexibility index (Phi) is 3.52. The Hall–Kier alpha value is -1.71. The molecule has 0 amide bonds. The van der Waals surface area contributed by atoms with Crippen LogP contribution in [-0.2, 0) is 4.74 Å². The summed E-state index contributed by atoms with van der Waals surface area (Å²) < 4.78 is 32.0. The van der Waals surface area contributed by atoms with E-state index in [0.717, 1.165) is 0 Å². The number of nitrogens with one attached hydrogen (secondary N) is 1. The minimum Gasteiger partial charge on any atom is -0.379 e. The second-order valence-corrected chi connectivity index (χ2v) is 3.61. The molecule has 0 spiro atoms. The third-order valence-electron chi connectivity index (χ3n) is 2.49. The first-order valence-corrected chi connectivity index (χ1v) is 5.20. The number of halogens is 2. The van der Waals surface area contributed by atoms with E-state index in [9.17, 15) is 8.78 Å². The first-order valence-electron chi connectivity index (χ1n) is 5.20. The van der Waals surface area contributed by atoms with E-state index < -0.39 is 11.6 Å². The number of ether oxygens (including phenoxy) is 1. The number of benzene rings is 1. The summed E-state index contributed by atoms with van der Waals surface area (Å²) in [5.41, 5.74) is 2.50. The van der Waals surface area contributed by atoms with E-state index >= 15 is 0 Å². The molecule has 1 aromatic rings. The van der Waals surface area contributed by atoms with Gasteiger partial charge in [-0.25, -0.2) is 13.8 Å². The molecule has 17 heavy (non-hydrogen) atoms. The van der Waals surface area contributed by atoms with Gasteiger partial charge in [-0.1, -0.05) is 0 Å². The quantitative estimate of drug-likeness (QED) is 0.849. The van der Waals surface area contributed by atoms with Crippen molar-refractivity contribution in [3.8, 4) is 6.07 Å². The van der Waals surface area contributed by atoms with Gasteiger partial charge in [0.1, 0.15) is 6.07 Å². The Morgan fingerprint density at radius 3 is 2.59 bits per heavy atom. The third-order valence-corrected chi connectivity index (χ3v) is 2.49. The summed E-state index contributed by atoms with van der Waals surface area (Å²) in [4.78, 5) is 0. The van der Waals surface area contributed by atoms with Crippen LogP contribution < -0.4 is 5.43 Å². The Balaban J connectivity index is 2.16. The van der Waals surface area contributed by atoms with Gasteiger partial charge in [0, 0.05) is 13.1 Å². The summed E-state index contributed by atoms with van der Waals surface area (Å²) >= 11 is 0. The fourth-order valence-electron chi connectivity index (χ4n) is 1.57. The molecule has 1 saturated heterocycles. The molecule has 0 aliphatic carbocycles. The van der Waals surface area contributed by atoms with Crippen LogP contribution in [0.15, 0.2) is 12.1 Å². The van der Waals surface area contributed by atoms with Gasteiger partial charge < -0.3 is 10.2 Å². The van der Waals surface area contributed by atoms with Crippen molar-refractivity contribution in [3.05, 3.63) is 29.3 Å². The molecular formula is C11H11F2N3O. The van der Waals surface area contributed by atoms with E-state index in [0.29, 0.717) is 26.3 Å². The molecule has 1 aliphatic heterocycles. The predicted molar refractivity (Wildman–Crippen MR) is 57.1 cm³/mol. The maximum absolute atomic E-state index is 13.6. The third kappa shape index (κ3) is 2.52. The molecule has 1 heterocycles. The summed E-state index contributed by atoms with van der Waals surface area (Å²) in [7, 11) is 0. The molecule has 0 saturated carbocycles. The maximum Gasteiger partial charge on any atom is 0.184 e. The van der Waals surface area contributed by atoms with Crippen LogP contribution in [0.25, 0.3) is 0 Å². The molecule has 2 rings (SSSR count). The standard InChI is InChI=1S/C11H11F2N3O/c12-10-8(7-14)1-2-9(11(10)13)15-16-3-5-17-6-4-16/h1-2,15H,3-6H2. The number of hydrogen-bond donors (Lipinski definition) is 1. The van der Waals surface area contributed by atoms with Crippen LogP contribution in [0, 0.1) is 23.0 Å². The van der Waals surface area contributed by atoms with Gasteiger partial charge in [0.25, 0.3) is 0 Å². The van der Waals surface area contributed by atoms with Crippen LogP contribution in [0.3, 0.4) is 0 Å². The summed E-state index contributed by atoms with van der Waals surface area (Å²) in [6.45, 7) is 2.29. The Bertz CT molecular complexity index is 453. The molecular weight excluding hydrogens is 228 g/mol. The number of nitrogens with zero attached hydrogens (tertiary/aromatic N) is 2. The number of hydrogen-bond acceptors (Lipinski definition) is 4. The Morgan fingerprint density at radius 2 is 1.94 bits per heavy atom. The zero-order valence-corrected chi connectivity index (χ0v) is 9.04. The fourth-order valence-corrected chi connectivity index (χ4v) is 1.57. The van der Waals surface area contributed by atoms with Crippen LogP contribution in [-0.4, -0.2) is 31.3 Å². The van der Waals surface area contributed by atoms with Crippen molar-refractivity contribution in [3.63, 3.8) is 0 Å². The first kappa shape index (κ1) is 11.8. The first-order chi connectivity index (χ1) is 8.22. The van der Waals surface area contributed by atoms with Gasteiger partial charge in [0.15, 0.2) is 11.6 Å². The van der Waals surface area contributed by atoms with Crippen LogP contribution in [0.1, 0.15) is 5.56 Å². The molecule has 1 fully saturated rings. The molecule has 6 heteroatoms. The minimum absolute atomic E-state index is 0.0309. The van der Waals surface area contributed by atoms with Gasteiger partial charge in [-0.15, -0.1) is 0 Å². The predicted octanol–water partition coefficient (Wildman–Crippen LogP) is 1.50. The highest BCUT2D eigenvalue weighted by molar-refractivity contribution is 5.49. The van der Waals surface area contributed by atoms with E-state index in [1.54, 1.807) is 11.1 Å². The highest BCUT2D eigenvalue weighted by Crippen LogP contribution is 2.20. The molecule has 0 aromatic heterocycles. The van der Waals surface area contributed by atoms with E-state index in [1.807, 2.05) is 0 Å². The molecule has 1 aromatic carbocycles. The van der Waals surface area contributed by atoms with Gasteiger partial charge in [0.05, 0.1) is 24.5 Å². The molecule has 90 valence electrons. The minimum atomic E-state index is -1.12. The lowest BCUT2D eigenvalue weighted by Crippen LogP contribution is -2.40. The SMILES string of the molecule is N#Cc1ccc(NN2CCOCC2)c(F)c1F. The van der Waals surface area contributed by atoms with Crippen LogP contribution in [0.2, 0.25) is 0 Å². The van der Waals surface area contributed by atoms with E-state index in [1.165, 1.54) is 12.1 Å². The second kappa shape index (κ2) is 5.08. The number of rotatable bonds is 2. The largest absolute Gasteiger partial charge is 0.379 e. The van der Waals surface area contributed by atoms with Crippen molar-refractivity contribution in [1.29, 1.82) is 5.26 Å². The zero-order valence-electron chi connectivity index (χ0n) is 9.04. The zero-order chi connectivity index (χ0) is 12.3. The van der Waals surface area contributed by atoms with Crippen LogP contribution >= 0.6 is 0 Å². The van der Waals surface area contributed by atoms with Crippen molar-refractivity contribution in [2.45, 2.75) is 0 Å². The number of morpholine rings is 1. The van der Waals surface area contributed by atoms with E-state index in [-0.39, 0.29) is 11.3 Å². The average molecular weight is 239 g/mol. The van der Waals surface area contributed by atoms with Crippen molar-refractivity contribution in [2.75, 3.05) is 31.7 Å². The molecule has 4 nitrogen and oxygen atoms in total. The number of nitriles is 1. The van der Waals surface area contributed by atoms with E-state index in [4.69, 9.17) is 10.00 Å². The van der Waals surface area contributed by atoms with Crippen molar-refractivity contribution in [1.82, 2.24) is 5.01 Å². The molecule has 0 unspecified atom stereocenters. The second-order valence-electron chi connectivity index (χ2n) is 3.61. The summed E-state index contributed by atoms with van der Waals surface area (Å²) in [5.74, 6) is -2.15. The van der Waals surface area contributed by atoms with Gasteiger partial charge in [-0.2, -0.15) is 5.26 Å². The van der Waals surface area contributed by atoms with Crippen molar-refractivity contribution >= 4 is 5.69 Å². The molecule has 0 bridgehead atoms. The normalized spacial score (nSPS) is 16.5. The van der Waals surface area contributed by atoms with Crippen LogP contribution in [0.5, 0.6) is 0 Å². The Labute approximate surface area is 97.4 Å². The molecule has 0 atom stereocenters. The fraction of sp³-hybridized carbons (Fsp3) is 0.364. The highest BCUT2D eigenvalue weighted by Gasteiger charge is 2.16. The smallest absolute Gasteiger partial charge is 0.184 e. The van der Waals surface area contributed by atoms with Gasteiger partial charge in [-0.3, -0.25) is 0 Å². The topological polar surface area (TPSA) is 48.3 Å². The van der Waals surface area contributed by atoms with E-state index in [2.05, 4.69) is 5.43 Å². The molecule has 1 aliphatic rings. The maximum atomic E-state index is 13.6. The highest BCUT2D eigenvalue weighted by atomic mass is 19.2. The average Bonchev–Trinajstić information content (AvgIpc) is 2.37. The lowest BCUT2D eigenvalue weighted by Gasteiger charge is -2.28. The molecule has 1 N–H and O–H groups in total. The number of anilines is 1. The molecule has 0 radical (unpaired) electrons. The Morgan fingerprint density at radius 1 is 1.24 bits per heavy atom.